The van der Waals surface area contributed by atoms with Gasteiger partial charge in [0, 0.05) is 11.9 Å². The topological polar surface area (TPSA) is 110 Å². The van der Waals surface area contributed by atoms with Crippen LogP contribution in [-0.2, 0) is 9.53 Å². The van der Waals surface area contributed by atoms with Gasteiger partial charge in [0.25, 0.3) is 0 Å². The highest BCUT2D eigenvalue weighted by Gasteiger charge is 2.22. The number of nitrogens with two attached hydrogens (primary N) is 1. The van der Waals surface area contributed by atoms with E-state index in [2.05, 4.69) is 15.3 Å². The average molecular weight is 398 g/mol. The molecular formula is C21H23FN4O3. The van der Waals surface area contributed by atoms with Crippen LogP contribution in [-0.4, -0.2) is 40.7 Å². The zero-order chi connectivity index (χ0) is 20.8. The first-order valence-electron chi connectivity index (χ1n) is 9.38. The normalized spacial score (nSPS) is 15.6. The predicted octanol–water partition coefficient (Wildman–Crippen LogP) is 2.88. The summed E-state index contributed by atoms with van der Waals surface area (Å²) >= 11 is 0. The Bertz CT molecular complexity index is 1010. The molecular weight excluding hydrogens is 375 g/mol. The van der Waals surface area contributed by atoms with Crippen LogP contribution in [0.3, 0.4) is 0 Å². The van der Waals surface area contributed by atoms with E-state index in [1.54, 1.807) is 12.1 Å². The summed E-state index contributed by atoms with van der Waals surface area (Å²) in [5.74, 6) is 0.00382. The van der Waals surface area contributed by atoms with Crippen LogP contribution in [0.4, 0.5) is 10.2 Å². The van der Waals surface area contributed by atoms with Gasteiger partial charge in [-0.15, -0.1) is 0 Å². The second-order valence-corrected chi connectivity index (χ2v) is 6.55. The van der Waals surface area contributed by atoms with Gasteiger partial charge in [0.05, 0.1) is 23.6 Å². The fraction of sp³-hybridized carbons (Fsp3) is 0.286. The lowest BCUT2D eigenvalue weighted by atomic mass is 10.1. The molecule has 1 aromatic heterocycles. The number of aromatic hydroxyl groups is 1. The minimum Gasteiger partial charge on any atom is -0.507 e. The lowest BCUT2D eigenvalue weighted by molar-refractivity contribution is -0.147. The molecule has 4 N–H and O–H groups in total. The Balaban J connectivity index is 0.000000204. The second-order valence-electron chi connectivity index (χ2n) is 6.55. The molecule has 3 aromatic rings. The molecule has 0 amide bonds. The fourth-order valence-electron chi connectivity index (χ4n) is 3.02. The molecule has 8 heteroatoms. The van der Waals surface area contributed by atoms with E-state index in [4.69, 9.17) is 10.5 Å². The van der Waals surface area contributed by atoms with Crippen molar-refractivity contribution in [3.8, 4) is 17.1 Å². The van der Waals surface area contributed by atoms with Gasteiger partial charge in [-0.1, -0.05) is 12.1 Å². The number of para-hydroxylation sites is 1. The van der Waals surface area contributed by atoms with E-state index >= 15 is 0 Å². The van der Waals surface area contributed by atoms with Gasteiger partial charge in [-0.05, 0) is 50.2 Å². The van der Waals surface area contributed by atoms with Gasteiger partial charge in [0.15, 0.2) is 5.82 Å². The highest BCUT2D eigenvalue weighted by Crippen LogP contribution is 2.29. The Morgan fingerprint density at radius 2 is 2.10 bits per heavy atom. The second kappa shape index (κ2) is 9.29. The molecule has 2 heterocycles. The molecule has 7 nitrogen and oxygen atoms in total. The van der Waals surface area contributed by atoms with Crippen molar-refractivity contribution in [2.24, 2.45) is 5.92 Å². The summed E-state index contributed by atoms with van der Waals surface area (Å²) in [7, 11) is 0. The quantitative estimate of drug-likeness (QED) is 0.582. The number of phenolic OH excluding ortho intramolecular Hbond substituents is 1. The molecule has 0 radical (unpaired) electrons. The summed E-state index contributed by atoms with van der Waals surface area (Å²) in [6.45, 7) is 4.07. The van der Waals surface area contributed by atoms with E-state index in [0.717, 1.165) is 24.9 Å². The first-order valence-corrected chi connectivity index (χ1v) is 9.38. The first kappa shape index (κ1) is 20.5. The predicted molar refractivity (Wildman–Crippen MR) is 109 cm³/mol. The first-order chi connectivity index (χ1) is 14.0. The lowest BCUT2D eigenvalue weighted by Gasteiger charge is -2.07. The van der Waals surface area contributed by atoms with Crippen molar-refractivity contribution in [1.29, 1.82) is 0 Å². The third-order valence-electron chi connectivity index (χ3n) is 4.51. The molecule has 1 aliphatic rings. The van der Waals surface area contributed by atoms with Crippen LogP contribution in [0.1, 0.15) is 13.3 Å². The van der Waals surface area contributed by atoms with Crippen molar-refractivity contribution in [2.75, 3.05) is 25.4 Å². The van der Waals surface area contributed by atoms with Gasteiger partial charge in [0.1, 0.15) is 17.4 Å². The number of nitrogens with one attached hydrogen (secondary N) is 1. The molecule has 0 aliphatic carbocycles. The minimum absolute atomic E-state index is 0.0486. The maximum absolute atomic E-state index is 13.2. The highest BCUT2D eigenvalue weighted by molar-refractivity contribution is 5.89. The maximum atomic E-state index is 13.2. The summed E-state index contributed by atoms with van der Waals surface area (Å²) in [4.78, 5) is 19.4. The highest BCUT2D eigenvalue weighted by atomic mass is 19.1. The number of rotatable bonds is 3. The van der Waals surface area contributed by atoms with Crippen molar-refractivity contribution in [2.45, 2.75) is 13.3 Å². The standard InChI is InChI=1S/C14H10FN3O.C7H13NO2/c15-8-5-6-12(19)10(7-8)14-17-11-4-2-1-3-9(11)13(16)18-14;1-2-10-7(9)6-3-4-8-5-6/h1-7,19H,(H2,16,17,18);6,8H,2-5H2,1H3. The van der Waals surface area contributed by atoms with Gasteiger partial charge < -0.3 is 20.9 Å². The van der Waals surface area contributed by atoms with E-state index in [-0.39, 0.29) is 29.0 Å². The number of carbonyl (C=O) groups is 1. The molecule has 1 aliphatic heterocycles. The Morgan fingerprint density at radius 1 is 1.31 bits per heavy atom. The van der Waals surface area contributed by atoms with Crippen LogP contribution in [0.5, 0.6) is 5.75 Å². The van der Waals surface area contributed by atoms with Gasteiger partial charge in [-0.3, -0.25) is 4.79 Å². The minimum atomic E-state index is -0.469. The number of ether oxygens (including phenoxy) is 1. The van der Waals surface area contributed by atoms with Gasteiger partial charge >= 0.3 is 5.97 Å². The van der Waals surface area contributed by atoms with E-state index in [1.807, 2.05) is 19.1 Å². The van der Waals surface area contributed by atoms with Crippen molar-refractivity contribution in [3.05, 3.63) is 48.3 Å². The third kappa shape index (κ3) is 4.97. The number of aromatic nitrogens is 2. The number of hydrogen-bond donors (Lipinski definition) is 3. The number of esters is 1. The fourth-order valence-corrected chi connectivity index (χ4v) is 3.02. The van der Waals surface area contributed by atoms with Crippen LogP contribution in [0.25, 0.3) is 22.3 Å². The van der Waals surface area contributed by atoms with Crippen LogP contribution in [0.2, 0.25) is 0 Å². The summed E-state index contributed by atoms with van der Waals surface area (Å²) in [6.07, 6.45) is 0.929. The van der Waals surface area contributed by atoms with Crippen molar-refractivity contribution < 1.29 is 19.0 Å². The number of carbonyl (C=O) groups excluding carboxylic acids is 1. The zero-order valence-electron chi connectivity index (χ0n) is 16.1. The zero-order valence-corrected chi connectivity index (χ0v) is 16.1. The van der Waals surface area contributed by atoms with Crippen LogP contribution >= 0.6 is 0 Å². The number of phenols is 1. The molecule has 2 aromatic carbocycles. The van der Waals surface area contributed by atoms with Gasteiger partial charge in [0.2, 0.25) is 0 Å². The molecule has 1 fully saturated rings. The number of nitrogen functional groups attached to an aromatic ring is 1. The monoisotopic (exact) mass is 398 g/mol. The lowest BCUT2D eigenvalue weighted by Crippen LogP contribution is -2.19. The van der Waals surface area contributed by atoms with Crippen molar-refractivity contribution in [1.82, 2.24) is 15.3 Å². The Kier molecular flexibility index (Phi) is 6.56. The van der Waals surface area contributed by atoms with Gasteiger partial charge in [-0.25, -0.2) is 14.4 Å². The molecule has 152 valence electrons. The van der Waals surface area contributed by atoms with Gasteiger partial charge in [-0.2, -0.15) is 0 Å². The largest absolute Gasteiger partial charge is 0.507 e. The summed E-state index contributed by atoms with van der Waals surface area (Å²) in [6, 6.07) is 10.9. The van der Waals surface area contributed by atoms with E-state index in [1.165, 1.54) is 18.2 Å². The summed E-state index contributed by atoms with van der Waals surface area (Å²) in [5, 5.41) is 13.6. The number of anilines is 1. The summed E-state index contributed by atoms with van der Waals surface area (Å²) in [5.41, 5.74) is 6.72. The van der Waals surface area contributed by atoms with Crippen molar-refractivity contribution >= 4 is 22.7 Å². The number of hydrogen-bond acceptors (Lipinski definition) is 7. The smallest absolute Gasteiger partial charge is 0.310 e. The van der Waals surface area contributed by atoms with E-state index < -0.39 is 5.82 Å². The number of nitrogens with zero attached hydrogens (tertiary/aromatic N) is 2. The van der Waals surface area contributed by atoms with E-state index in [0.29, 0.717) is 17.9 Å². The van der Waals surface area contributed by atoms with Crippen LogP contribution in [0, 0.1) is 11.7 Å². The van der Waals surface area contributed by atoms with Crippen LogP contribution in [0.15, 0.2) is 42.5 Å². The van der Waals surface area contributed by atoms with E-state index in [9.17, 15) is 14.3 Å². The molecule has 29 heavy (non-hydrogen) atoms. The molecule has 1 atom stereocenters. The average Bonchev–Trinajstić information content (AvgIpc) is 3.26. The molecule has 0 bridgehead atoms. The third-order valence-corrected chi connectivity index (χ3v) is 4.51. The van der Waals surface area contributed by atoms with Crippen LogP contribution < -0.4 is 11.1 Å². The maximum Gasteiger partial charge on any atom is 0.310 e. The molecule has 1 saturated heterocycles. The molecule has 0 spiro atoms. The number of benzene rings is 2. The Hall–Kier alpha value is -3.26. The number of halogens is 1. The molecule has 0 saturated carbocycles. The molecule has 4 rings (SSSR count). The number of fused-ring (bicyclic) bond motifs is 1. The summed E-state index contributed by atoms with van der Waals surface area (Å²) < 4.78 is 18.1. The molecule has 1 unspecified atom stereocenters. The SMILES string of the molecule is CCOC(=O)C1CCNC1.Nc1nc(-c2cc(F)ccc2O)nc2ccccc12. The van der Waals surface area contributed by atoms with Crippen molar-refractivity contribution in [3.63, 3.8) is 0 Å². The Morgan fingerprint density at radius 3 is 2.83 bits per heavy atom. The Labute approximate surface area is 167 Å².